The number of hydrogen-bond acceptors (Lipinski definition) is 6. The summed E-state index contributed by atoms with van der Waals surface area (Å²) in [5.41, 5.74) is 5.58. The second-order valence-corrected chi connectivity index (χ2v) is 12.3. The van der Waals surface area contributed by atoms with Gasteiger partial charge in [-0.3, -0.25) is 9.36 Å². The van der Waals surface area contributed by atoms with Gasteiger partial charge in [0.25, 0.3) is 0 Å². The van der Waals surface area contributed by atoms with Crippen LogP contribution in [-0.2, 0) is 31.4 Å². The molecule has 0 aliphatic heterocycles. The quantitative estimate of drug-likeness (QED) is 0.123. The molecule has 0 spiro atoms. The smallest absolute Gasteiger partial charge is 0.330 e. The Morgan fingerprint density at radius 1 is 0.905 bits per heavy atom. The third kappa shape index (κ3) is 9.15. The number of ether oxygens (including phenoxy) is 2. The van der Waals surface area contributed by atoms with Crippen LogP contribution in [-0.4, -0.2) is 37.1 Å². The monoisotopic (exact) mass is 600 g/mol. The van der Waals surface area contributed by atoms with Crippen molar-refractivity contribution in [1.82, 2.24) is 0 Å². The normalized spacial score (nSPS) is 12.2. The molecule has 42 heavy (non-hydrogen) atoms. The van der Waals surface area contributed by atoms with Gasteiger partial charge in [0.15, 0.2) is 0 Å². The van der Waals surface area contributed by atoms with Gasteiger partial charge in [-0.2, -0.15) is 0 Å². The van der Waals surface area contributed by atoms with Crippen LogP contribution in [0.25, 0.3) is 11.1 Å². The van der Waals surface area contributed by atoms with Crippen LogP contribution in [0, 0.1) is 25.6 Å². The summed E-state index contributed by atoms with van der Waals surface area (Å²) in [6, 6.07) is 16.6. The number of hydrogen-bond donors (Lipinski definition) is 1. The van der Waals surface area contributed by atoms with Gasteiger partial charge in [0.1, 0.15) is 23.9 Å². The number of carbonyl (C=O) groups is 1. The lowest BCUT2D eigenvalue weighted by atomic mass is 9.93. The maximum atomic E-state index is 14.7. The van der Waals surface area contributed by atoms with Crippen molar-refractivity contribution in [3.05, 3.63) is 82.7 Å². The minimum absolute atomic E-state index is 0.145. The van der Waals surface area contributed by atoms with E-state index in [1.807, 2.05) is 44.2 Å². The standard InChI is InChI=1S/C33H42FO7P/c1-6-25(33(35)36)20-26-13-14-29(21-32(26)34)39-22-27-11-9-12-31(24(27)5)30-16-15-28(19-23(30)4)38-17-10-18-42(37,40-7-2)41-8-3/h9,11-16,19,21,25H,6-8,10,17-18,20,22H2,1-5H3,(H,35,36). The van der Waals surface area contributed by atoms with Crippen LogP contribution in [0.1, 0.15) is 55.9 Å². The molecular weight excluding hydrogens is 558 g/mol. The van der Waals surface area contributed by atoms with E-state index in [0.29, 0.717) is 50.1 Å². The van der Waals surface area contributed by atoms with E-state index >= 15 is 0 Å². The molecule has 1 atom stereocenters. The van der Waals surface area contributed by atoms with Crippen molar-refractivity contribution in [2.24, 2.45) is 5.92 Å². The molecule has 3 aromatic rings. The number of carboxylic acids is 1. The first-order valence-corrected chi connectivity index (χ1v) is 16.2. The van der Waals surface area contributed by atoms with E-state index in [2.05, 4.69) is 6.07 Å². The van der Waals surface area contributed by atoms with Crippen molar-refractivity contribution in [2.75, 3.05) is 26.0 Å². The van der Waals surface area contributed by atoms with Gasteiger partial charge >= 0.3 is 13.6 Å². The summed E-state index contributed by atoms with van der Waals surface area (Å²) in [6.45, 7) is 10.8. The summed E-state index contributed by atoms with van der Waals surface area (Å²) >= 11 is 0. The molecule has 7 nitrogen and oxygen atoms in total. The van der Waals surface area contributed by atoms with Crippen LogP contribution in [0.2, 0.25) is 0 Å². The maximum absolute atomic E-state index is 14.7. The van der Waals surface area contributed by atoms with Gasteiger partial charge in [0.05, 0.1) is 31.9 Å². The topological polar surface area (TPSA) is 91.3 Å². The highest BCUT2D eigenvalue weighted by molar-refractivity contribution is 7.53. The number of benzene rings is 3. The van der Waals surface area contributed by atoms with Gasteiger partial charge in [-0.05, 0) is 98.5 Å². The number of carboxylic acid groups (broad SMARTS) is 1. The predicted octanol–water partition coefficient (Wildman–Crippen LogP) is 8.38. The Bertz CT molecular complexity index is 1380. The predicted molar refractivity (Wildman–Crippen MR) is 163 cm³/mol. The molecule has 0 fully saturated rings. The molecule has 0 saturated carbocycles. The third-order valence-electron chi connectivity index (χ3n) is 7.16. The second-order valence-electron chi connectivity index (χ2n) is 10.1. The molecule has 9 heteroatoms. The molecule has 1 unspecified atom stereocenters. The summed E-state index contributed by atoms with van der Waals surface area (Å²) in [4.78, 5) is 11.3. The van der Waals surface area contributed by atoms with E-state index in [1.54, 1.807) is 32.9 Å². The zero-order valence-corrected chi connectivity index (χ0v) is 26.0. The first-order chi connectivity index (χ1) is 20.1. The number of aryl methyl sites for hydroxylation is 1. The van der Waals surface area contributed by atoms with Gasteiger partial charge in [-0.25, -0.2) is 4.39 Å². The van der Waals surface area contributed by atoms with E-state index in [-0.39, 0.29) is 13.0 Å². The third-order valence-corrected chi connectivity index (χ3v) is 9.33. The first kappa shape index (κ1) is 33.3. The Kier molecular flexibility index (Phi) is 12.6. The van der Waals surface area contributed by atoms with Crippen molar-refractivity contribution >= 4 is 13.6 Å². The molecule has 0 heterocycles. The van der Waals surface area contributed by atoms with Gasteiger partial charge in [0, 0.05) is 6.07 Å². The average molecular weight is 601 g/mol. The summed E-state index contributed by atoms with van der Waals surface area (Å²) < 4.78 is 49.8. The fraction of sp³-hybridized carbons (Fsp3) is 0.424. The van der Waals surface area contributed by atoms with Gasteiger partial charge in [-0.1, -0.05) is 37.3 Å². The Morgan fingerprint density at radius 3 is 2.21 bits per heavy atom. The fourth-order valence-electron chi connectivity index (χ4n) is 4.78. The average Bonchev–Trinajstić information content (AvgIpc) is 2.95. The van der Waals surface area contributed by atoms with Crippen molar-refractivity contribution in [3.63, 3.8) is 0 Å². The van der Waals surface area contributed by atoms with Crippen molar-refractivity contribution < 1.29 is 37.4 Å². The van der Waals surface area contributed by atoms with E-state index in [1.165, 1.54) is 6.07 Å². The van der Waals surface area contributed by atoms with Gasteiger partial charge in [0.2, 0.25) is 0 Å². The summed E-state index contributed by atoms with van der Waals surface area (Å²) in [7, 11) is -3.08. The van der Waals surface area contributed by atoms with E-state index in [9.17, 15) is 18.9 Å². The zero-order chi connectivity index (χ0) is 30.7. The minimum atomic E-state index is -3.08. The van der Waals surface area contributed by atoms with Crippen LogP contribution in [0.3, 0.4) is 0 Å². The minimum Gasteiger partial charge on any atom is -0.494 e. The van der Waals surface area contributed by atoms with Crippen molar-refractivity contribution in [2.45, 2.75) is 60.5 Å². The fourth-order valence-corrected chi connectivity index (χ4v) is 6.42. The molecule has 0 saturated heterocycles. The molecule has 0 bridgehead atoms. The lowest BCUT2D eigenvalue weighted by molar-refractivity contribution is -0.141. The van der Waals surface area contributed by atoms with Crippen LogP contribution in [0.15, 0.2) is 54.6 Å². The van der Waals surface area contributed by atoms with Crippen molar-refractivity contribution in [1.29, 1.82) is 0 Å². The van der Waals surface area contributed by atoms with E-state index in [4.69, 9.17) is 18.5 Å². The highest BCUT2D eigenvalue weighted by Crippen LogP contribution is 2.48. The number of halogens is 1. The Balaban J connectivity index is 1.64. The van der Waals surface area contributed by atoms with E-state index < -0.39 is 25.3 Å². The van der Waals surface area contributed by atoms with Crippen LogP contribution >= 0.6 is 7.60 Å². The van der Waals surface area contributed by atoms with Crippen LogP contribution in [0.5, 0.6) is 11.5 Å². The molecule has 3 rings (SSSR count). The lowest BCUT2D eigenvalue weighted by Gasteiger charge is -2.17. The number of rotatable bonds is 17. The van der Waals surface area contributed by atoms with Crippen LogP contribution < -0.4 is 9.47 Å². The molecule has 0 aromatic heterocycles. The zero-order valence-electron chi connectivity index (χ0n) is 25.2. The second kappa shape index (κ2) is 15.9. The first-order valence-electron chi connectivity index (χ1n) is 14.4. The SMILES string of the molecule is CCOP(=O)(CCCOc1ccc(-c2cccc(COc3ccc(CC(CC)C(=O)O)c(F)c3)c2C)c(C)c1)OCC. The molecule has 3 aromatic carbocycles. The summed E-state index contributed by atoms with van der Waals surface area (Å²) in [5, 5.41) is 9.28. The van der Waals surface area contributed by atoms with Gasteiger partial charge < -0.3 is 23.6 Å². The Hall–Kier alpha value is -3.19. The Labute approximate surface area is 248 Å². The van der Waals surface area contributed by atoms with E-state index in [0.717, 1.165) is 33.6 Å². The molecule has 0 aliphatic rings. The molecule has 0 radical (unpaired) electrons. The largest absolute Gasteiger partial charge is 0.494 e. The molecular formula is C33H42FO7P. The van der Waals surface area contributed by atoms with Crippen LogP contribution in [0.4, 0.5) is 4.39 Å². The maximum Gasteiger partial charge on any atom is 0.330 e. The summed E-state index contributed by atoms with van der Waals surface area (Å²) in [6.07, 6.45) is 1.44. The molecule has 1 N–H and O–H groups in total. The highest BCUT2D eigenvalue weighted by atomic mass is 31.2. The molecule has 0 aliphatic carbocycles. The lowest BCUT2D eigenvalue weighted by Crippen LogP contribution is -2.16. The summed E-state index contributed by atoms with van der Waals surface area (Å²) in [5.74, 6) is -0.884. The highest BCUT2D eigenvalue weighted by Gasteiger charge is 2.23. The Morgan fingerprint density at radius 2 is 1.60 bits per heavy atom. The molecule has 228 valence electrons. The van der Waals surface area contributed by atoms with Crippen molar-refractivity contribution in [3.8, 4) is 22.6 Å². The van der Waals surface area contributed by atoms with Gasteiger partial charge in [-0.15, -0.1) is 0 Å². The molecule has 0 amide bonds. The number of aliphatic carboxylic acids is 1.